The van der Waals surface area contributed by atoms with Gasteiger partial charge in [0.25, 0.3) is 0 Å². The van der Waals surface area contributed by atoms with E-state index in [9.17, 15) is 0 Å². The molecule has 0 aromatic heterocycles. The Bertz CT molecular complexity index is 505. The first-order chi connectivity index (χ1) is 9.41. The zero-order valence-electron chi connectivity index (χ0n) is 15.7. The van der Waals surface area contributed by atoms with E-state index < -0.39 is 0 Å². The standard InChI is InChI=1S/2C10H15.2ClH.Ti/c2*1-8-5-6-9(7-8)10(2,3)4;;;/h2*5-7H,1-4H3;2*1H;/q;;;;+2/p-2. The van der Waals surface area contributed by atoms with Gasteiger partial charge in [-0.3, -0.25) is 0 Å². The minimum atomic E-state index is -0.288. The van der Waals surface area contributed by atoms with Crippen LogP contribution in [0.15, 0.2) is 47.6 Å². The molecule has 2 rings (SSSR count). The maximum Gasteiger partial charge on any atom is -1.00 e. The van der Waals surface area contributed by atoms with E-state index in [0.29, 0.717) is 0 Å². The minimum absolute atomic E-state index is 0. The minimum Gasteiger partial charge on any atom is -1.00 e. The number of hydrogen-bond donors (Lipinski definition) is 0. The molecule has 0 aromatic carbocycles. The SMILES string of the molecule is CC1=C[C]([Ti+2][C]2(C(C)(C)C)C=CC(C)=C2)(C(C)(C)C)C=C1.[Cl-].[Cl-]. The molecule has 2 atom stereocenters. The maximum absolute atomic E-state index is 2.55. The molecule has 0 amide bonds. The predicted octanol–water partition coefficient (Wildman–Crippen LogP) is 0.519. The van der Waals surface area contributed by atoms with Crippen LogP contribution in [-0.4, -0.2) is 0 Å². The summed E-state index contributed by atoms with van der Waals surface area (Å²) in [6.45, 7) is 18.9. The Morgan fingerprint density at radius 3 is 1.17 bits per heavy atom. The first kappa shape index (κ1) is 23.3. The van der Waals surface area contributed by atoms with Gasteiger partial charge in [0.2, 0.25) is 0 Å². The summed E-state index contributed by atoms with van der Waals surface area (Å²) in [5, 5.41) is 0. The van der Waals surface area contributed by atoms with Gasteiger partial charge in [-0.25, -0.2) is 0 Å². The van der Waals surface area contributed by atoms with Crippen LogP contribution in [0.2, 0.25) is 7.44 Å². The molecule has 0 radical (unpaired) electrons. The van der Waals surface area contributed by atoms with Crippen molar-refractivity contribution in [3.63, 3.8) is 0 Å². The topological polar surface area (TPSA) is 0 Å². The van der Waals surface area contributed by atoms with Crippen LogP contribution in [0.4, 0.5) is 0 Å². The van der Waals surface area contributed by atoms with Gasteiger partial charge in [0.05, 0.1) is 0 Å². The van der Waals surface area contributed by atoms with Gasteiger partial charge in [-0.2, -0.15) is 0 Å². The Morgan fingerprint density at radius 2 is 1.00 bits per heavy atom. The molecule has 0 aromatic rings. The quantitative estimate of drug-likeness (QED) is 0.605. The number of allylic oxidation sites excluding steroid dienone is 8. The molecule has 0 spiro atoms. The monoisotopic (exact) mass is 388 g/mol. The first-order valence-electron chi connectivity index (χ1n) is 7.98. The summed E-state index contributed by atoms with van der Waals surface area (Å²) < 4.78 is 0.519. The summed E-state index contributed by atoms with van der Waals surface area (Å²) in [4.78, 5) is 0. The Kier molecular flexibility index (Phi) is 7.32. The average molecular weight is 389 g/mol. The summed E-state index contributed by atoms with van der Waals surface area (Å²) in [6, 6.07) is 0. The number of rotatable bonds is 2. The van der Waals surface area contributed by atoms with Crippen LogP contribution < -0.4 is 24.8 Å². The van der Waals surface area contributed by atoms with Crippen molar-refractivity contribution in [2.75, 3.05) is 0 Å². The van der Waals surface area contributed by atoms with E-state index in [-0.39, 0.29) is 62.2 Å². The second kappa shape index (κ2) is 7.24. The van der Waals surface area contributed by atoms with Crippen LogP contribution in [0, 0.1) is 10.8 Å². The van der Waals surface area contributed by atoms with Crippen molar-refractivity contribution in [3.8, 4) is 0 Å². The van der Waals surface area contributed by atoms with E-state index in [1.165, 1.54) is 11.1 Å². The molecule has 2 aliphatic rings. The molecule has 0 saturated carbocycles. The summed E-state index contributed by atoms with van der Waals surface area (Å²) in [5.41, 5.74) is 3.41. The Hall–Kier alpha value is 0.254. The molecule has 0 nitrogen and oxygen atoms in total. The number of halogens is 2. The molecule has 128 valence electrons. The smallest absolute Gasteiger partial charge is 1.00 e. The Labute approximate surface area is 164 Å². The third-order valence-electron chi connectivity index (χ3n) is 5.02. The maximum atomic E-state index is 2.55. The molecule has 0 fully saturated rings. The second-order valence-electron chi connectivity index (χ2n) is 8.81. The van der Waals surface area contributed by atoms with E-state index in [0.717, 1.165) is 0 Å². The van der Waals surface area contributed by atoms with Crippen molar-refractivity contribution in [1.29, 1.82) is 0 Å². The molecule has 0 bridgehead atoms. The first-order valence-corrected chi connectivity index (χ1v) is 9.54. The average Bonchev–Trinajstić information content (AvgIpc) is 2.83. The molecule has 3 heteroatoms. The molecule has 0 saturated heterocycles. The van der Waals surface area contributed by atoms with Crippen molar-refractivity contribution in [2.45, 2.75) is 62.8 Å². The Morgan fingerprint density at radius 1 is 0.696 bits per heavy atom. The van der Waals surface area contributed by atoms with E-state index in [1.54, 1.807) is 0 Å². The third kappa shape index (κ3) is 4.27. The fourth-order valence-corrected chi connectivity index (χ4v) is 6.94. The molecule has 0 heterocycles. The van der Waals surface area contributed by atoms with E-state index >= 15 is 0 Å². The molecule has 0 aliphatic heterocycles. The summed E-state index contributed by atoms with van der Waals surface area (Å²) in [7, 11) is 0. The van der Waals surface area contributed by atoms with Crippen molar-refractivity contribution in [2.24, 2.45) is 10.8 Å². The normalized spacial score (nSPS) is 29.4. The van der Waals surface area contributed by atoms with Crippen molar-refractivity contribution in [1.82, 2.24) is 0 Å². The fraction of sp³-hybridized carbons (Fsp3) is 0.600. The zero-order valence-corrected chi connectivity index (χ0v) is 18.8. The fourth-order valence-electron chi connectivity index (χ4n) is 3.24. The molecular weight excluding hydrogens is 359 g/mol. The van der Waals surface area contributed by atoms with Crippen LogP contribution in [0.3, 0.4) is 0 Å². The van der Waals surface area contributed by atoms with E-state index in [1.807, 2.05) is 0 Å². The molecule has 2 aliphatic carbocycles. The molecule has 23 heavy (non-hydrogen) atoms. The zero-order chi connectivity index (χ0) is 16.1. The summed E-state index contributed by atoms with van der Waals surface area (Å²) >= 11 is -0.288. The van der Waals surface area contributed by atoms with Gasteiger partial charge in [0.1, 0.15) is 0 Å². The van der Waals surface area contributed by atoms with Gasteiger partial charge in [0, 0.05) is 0 Å². The second-order valence-corrected chi connectivity index (χ2v) is 11.8. The van der Waals surface area contributed by atoms with Gasteiger partial charge in [-0.15, -0.1) is 0 Å². The molecular formula is C20H30Cl2Ti. The van der Waals surface area contributed by atoms with Gasteiger partial charge >= 0.3 is 140 Å². The van der Waals surface area contributed by atoms with E-state index in [2.05, 4.69) is 91.8 Å². The third-order valence-corrected chi connectivity index (χ3v) is 9.63. The number of hydrogen-bond acceptors (Lipinski definition) is 0. The Balaban J connectivity index is 0.00000242. The van der Waals surface area contributed by atoms with Gasteiger partial charge < -0.3 is 24.8 Å². The van der Waals surface area contributed by atoms with Crippen LogP contribution in [0.25, 0.3) is 0 Å². The van der Waals surface area contributed by atoms with Crippen molar-refractivity contribution < 1.29 is 44.0 Å². The predicted molar refractivity (Wildman–Crippen MR) is 90.1 cm³/mol. The van der Waals surface area contributed by atoms with Crippen molar-refractivity contribution >= 4 is 0 Å². The van der Waals surface area contributed by atoms with Gasteiger partial charge in [0.15, 0.2) is 0 Å². The van der Waals surface area contributed by atoms with Gasteiger partial charge in [-0.1, -0.05) is 0 Å². The van der Waals surface area contributed by atoms with Crippen molar-refractivity contribution in [3.05, 3.63) is 47.6 Å². The summed E-state index contributed by atoms with van der Waals surface area (Å²) in [5.74, 6) is 0. The van der Waals surface area contributed by atoms with Crippen LogP contribution in [0.5, 0.6) is 0 Å². The van der Waals surface area contributed by atoms with E-state index in [4.69, 9.17) is 0 Å². The summed E-state index contributed by atoms with van der Waals surface area (Å²) in [6.07, 6.45) is 14.8. The van der Waals surface area contributed by atoms with Crippen LogP contribution in [-0.2, 0) is 19.2 Å². The molecule has 2 unspecified atom stereocenters. The van der Waals surface area contributed by atoms with Gasteiger partial charge in [-0.05, 0) is 0 Å². The largest absolute Gasteiger partial charge is 1.00 e. The van der Waals surface area contributed by atoms with Crippen LogP contribution in [0.1, 0.15) is 55.4 Å². The van der Waals surface area contributed by atoms with Crippen LogP contribution >= 0.6 is 0 Å². The molecule has 0 N–H and O–H groups in total.